The molecular formula is C35H45F2N3O4. The van der Waals surface area contributed by atoms with Gasteiger partial charge in [0, 0.05) is 18.3 Å². The first kappa shape index (κ1) is 34.6. The van der Waals surface area contributed by atoms with Crippen LogP contribution in [0.1, 0.15) is 77.7 Å². The van der Waals surface area contributed by atoms with Crippen LogP contribution in [0.2, 0.25) is 0 Å². The monoisotopic (exact) mass is 609 g/mol. The molecule has 0 fully saturated rings. The van der Waals surface area contributed by atoms with E-state index in [4.69, 9.17) is 0 Å². The summed E-state index contributed by atoms with van der Waals surface area (Å²) in [5.74, 6) is -3.53. The van der Waals surface area contributed by atoms with Crippen molar-refractivity contribution in [3.63, 3.8) is 0 Å². The summed E-state index contributed by atoms with van der Waals surface area (Å²) in [6, 6.07) is 4.99. The van der Waals surface area contributed by atoms with Crippen molar-refractivity contribution in [3.05, 3.63) is 91.4 Å². The lowest BCUT2D eigenvalue weighted by Gasteiger charge is -2.27. The first-order valence-corrected chi connectivity index (χ1v) is 15.0. The fourth-order valence-electron chi connectivity index (χ4n) is 5.87. The number of carboxylic acids is 1. The molecule has 0 aliphatic heterocycles. The molecule has 1 heterocycles. The summed E-state index contributed by atoms with van der Waals surface area (Å²) in [5, 5.41) is 12.5. The van der Waals surface area contributed by atoms with Gasteiger partial charge in [-0.05, 0) is 119 Å². The number of halogens is 2. The first-order chi connectivity index (χ1) is 20.5. The second kappa shape index (κ2) is 14.3. The second-order valence-electron chi connectivity index (χ2n) is 12.6. The Hall–Kier alpha value is -3.85. The smallest absolute Gasteiger partial charge is 0.305 e. The van der Waals surface area contributed by atoms with E-state index in [1.807, 2.05) is 65.7 Å². The van der Waals surface area contributed by atoms with Crippen LogP contribution in [0.3, 0.4) is 0 Å². The maximum Gasteiger partial charge on any atom is 0.305 e. The molecule has 1 amide bonds. The van der Waals surface area contributed by atoms with Crippen LogP contribution in [0.5, 0.6) is 0 Å². The van der Waals surface area contributed by atoms with Crippen LogP contribution in [0.4, 0.5) is 8.78 Å². The predicted octanol–water partition coefficient (Wildman–Crippen LogP) is 6.36. The number of aliphatic carboxylic acids is 1. The van der Waals surface area contributed by atoms with Crippen molar-refractivity contribution in [2.24, 2.45) is 5.92 Å². The molecule has 0 spiro atoms. The number of likely N-dealkylation sites (N-methyl/N-ethyl adjacent to an activating group) is 1. The SMILES string of the molecule is Cc1cc(C)c(-c2cc(C)c(F)c([C@H](CC(=O)O)NC(=O)C(CC(C)C)n3cc(CCN(C)C)c(C)c(F)c3=O)c2)c(C)c1. The molecule has 0 bridgehead atoms. The van der Waals surface area contributed by atoms with Crippen LogP contribution in [0.15, 0.2) is 35.3 Å². The largest absolute Gasteiger partial charge is 0.481 e. The minimum atomic E-state index is -1.24. The molecule has 3 aromatic rings. The Labute approximate surface area is 258 Å². The molecule has 44 heavy (non-hydrogen) atoms. The Morgan fingerprint density at radius 2 is 1.57 bits per heavy atom. The van der Waals surface area contributed by atoms with Gasteiger partial charge in [-0.25, -0.2) is 8.78 Å². The van der Waals surface area contributed by atoms with Gasteiger partial charge < -0.3 is 19.9 Å². The maximum absolute atomic E-state index is 15.8. The van der Waals surface area contributed by atoms with Gasteiger partial charge in [-0.3, -0.25) is 14.4 Å². The van der Waals surface area contributed by atoms with Crippen molar-refractivity contribution < 1.29 is 23.5 Å². The molecule has 0 saturated carbocycles. The number of nitrogens with zero attached hydrogens (tertiary/aromatic N) is 2. The molecule has 2 aromatic carbocycles. The summed E-state index contributed by atoms with van der Waals surface area (Å²) >= 11 is 0. The Bertz CT molecular complexity index is 1590. The zero-order valence-corrected chi connectivity index (χ0v) is 27.3. The fraction of sp³-hybridized carbons (Fsp3) is 0.457. The Kier molecular flexibility index (Phi) is 11.2. The molecule has 9 heteroatoms. The van der Waals surface area contributed by atoms with Crippen LogP contribution in [0, 0.1) is 52.2 Å². The van der Waals surface area contributed by atoms with Gasteiger partial charge in [-0.15, -0.1) is 0 Å². The van der Waals surface area contributed by atoms with Gasteiger partial charge in [0.15, 0.2) is 5.82 Å². The van der Waals surface area contributed by atoms with Crippen molar-refractivity contribution in [1.29, 1.82) is 0 Å². The molecule has 1 aromatic heterocycles. The Morgan fingerprint density at radius 1 is 0.955 bits per heavy atom. The average Bonchev–Trinajstić information content (AvgIpc) is 2.90. The number of hydrogen-bond acceptors (Lipinski definition) is 4. The number of aryl methyl sites for hydroxylation is 4. The third-order valence-corrected chi connectivity index (χ3v) is 8.01. The van der Waals surface area contributed by atoms with Crippen LogP contribution >= 0.6 is 0 Å². The maximum atomic E-state index is 15.8. The Morgan fingerprint density at radius 3 is 2.11 bits per heavy atom. The summed E-state index contributed by atoms with van der Waals surface area (Å²) in [7, 11) is 3.77. The summed E-state index contributed by atoms with van der Waals surface area (Å²) in [5.41, 5.74) is 4.92. The summed E-state index contributed by atoms with van der Waals surface area (Å²) < 4.78 is 32.1. The number of carbonyl (C=O) groups is 2. The molecule has 0 aliphatic rings. The van der Waals surface area contributed by atoms with Crippen molar-refractivity contribution in [2.45, 2.75) is 79.8 Å². The van der Waals surface area contributed by atoms with E-state index < -0.39 is 47.6 Å². The van der Waals surface area contributed by atoms with Gasteiger partial charge in [-0.2, -0.15) is 0 Å². The molecule has 2 N–H and O–H groups in total. The highest BCUT2D eigenvalue weighted by Gasteiger charge is 2.30. The number of carboxylic acid groups (broad SMARTS) is 1. The summed E-state index contributed by atoms with van der Waals surface area (Å²) in [6.07, 6.45) is 1.59. The van der Waals surface area contributed by atoms with E-state index in [2.05, 4.69) is 5.32 Å². The lowest BCUT2D eigenvalue weighted by Crippen LogP contribution is -2.41. The molecule has 2 atom stereocenters. The van der Waals surface area contributed by atoms with E-state index in [0.717, 1.165) is 26.8 Å². The first-order valence-electron chi connectivity index (χ1n) is 15.0. The lowest BCUT2D eigenvalue weighted by atomic mass is 9.89. The van der Waals surface area contributed by atoms with Crippen molar-refractivity contribution in [3.8, 4) is 11.1 Å². The van der Waals surface area contributed by atoms with Gasteiger partial charge in [0.05, 0.1) is 12.5 Å². The quantitative estimate of drug-likeness (QED) is 0.249. The van der Waals surface area contributed by atoms with Crippen LogP contribution in [-0.2, 0) is 16.0 Å². The Balaban J connectivity index is 2.13. The van der Waals surface area contributed by atoms with E-state index in [1.54, 1.807) is 26.0 Å². The highest BCUT2D eigenvalue weighted by atomic mass is 19.1. The average molecular weight is 610 g/mol. The molecule has 7 nitrogen and oxygen atoms in total. The summed E-state index contributed by atoms with van der Waals surface area (Å²) in [6.45, 7) is 13.4. The number of rotatable bonds is 12. The van der Waals surface area contributed by atoms with E-state index in [-0.39, 0.29) is 23.5 Å². The van der Waals surface area contributed by atoms with E-state index in [9.17, 15) is 19.5 Å². The standard InChI is InChI=1S/C35H45F2N3O4/c1-19(2)12-29(40-18-25(10-11-39(8)9)24(7)33(37)35(40)44)34(43)38-28(17-30(41)42)27-16-26(15-23(6)32(27)36)31-21(4)13-20(3)14-22(31)5/h13-16,18-19,28-29H,10-12,17H2,1-9H3,(H,38,43)(H,41,42)/t28-,29?/m0/s1. The van der Waals surface area contributed by atoms with E-state index in [0.29, 0.717) is 29.7 Å². The number of carbonyl (C=O) groups excluding carboxylic acids is 1. The highest BCUT2D eigenvalue weighted by Crippen LogP contribution is 2.34. The second-order valence-corrected chi connectivity index (χ2v) is 12.6. The molecule has 0 saturated heterocycles. The molecule has 238 valence electrons. The van der Waals surface area contributed by atoms with Crippen LogP contribution in [-0.4, -0.2) is 47.1 Å². The van der Waals surface area contributed by atoms with E-state index >= 15 is 8.78 Å². The molecule has 0 aliphatic carbocycles. The normalized spacial score (nSPS) is 12.9. The summed E-state index contributed by atoms with van der Waals surface area (Å²) in [4.78, 5) is 41.1. The molecular weight excluding hydrogens is 564 g/mol. The van der Waals surface area contributed by atoms with E-state index in [1.165, 1.54) is 6.20 Å². The van der Waals surface area contributed by atoms with Gasteiger partial charge in [0.2, 0.25) is 5.91 Å². The van der Waals surface area contributed by atoms with Crippen molar-refractivity contribution in [1.82, 2.24) is 14.8 Å². The highest BCUT2D eigenvalue weighted by molar-refractivity contribution is 5.82. The number of hydrogen-bond donors (Lipinski definition) is 2. The molecule has 1 unspecified atom stereocenters. The predicted molar refractivity (Wildman–Crippen MR) is 170 cm³/mol. The minimum Gasteiger partial charge on any atom is -0.481 e. The molecule has 0 radical (unpaired) electrons. The number of benzene rings is 2. The van der Waals surface area contributed by atoms with Crippen LogP contribution < -0.4 is 10.9 Å². The van der Waals surface area contributed by atoms with Crippen molar-refractivity contribution >= 4 is 11.9 Å². The van der Waals surface area contributed by atoms with Gasteiger partial charge in [-0.1, -0.05) is 31.5 Å². The lowest BCUT2D eigenvalue weighted by molar-refractivity contribution is -0.138. The third kappa shape index (κ3) is 8.00. The molecule has 3 rings (SSSR count). The minimum absolute atomic E-state index is 0.0347. The zero-order valence-electron chi connectivity index (χ0n) is 27.3. The van der Waals surface area contributed by atoms with Gasteiger partial charge in [0.25, 0.3) is 5.56 Å². The topological polar surface area (TPSA) is 91.6 Å². The number of aromatic nitrogens is 1. The number of nitrogens with one attached hydrogen (secondary N) is 1. The third-order valence-electron chi connectivity index (χ3n) is 8.01. The van der Waals surface area contributed by atoms with Gasteiger partial charge >= 0.3 is 5.97 Å². The fourth-order valence-corrected chi connectivity index (χ4v) is 5.87. The van der Waals surface area contributed by atoms with Crippen LogP contribution in [0.25, 0.3) is 11.1 Å². The number of amides is 1. The van der Waals surface area contributed by atoms with Gasteiger partial charge in [0.1, 0.15) is 11.9 Å². The van der Waals surface area contributed by atoms with Crippen molar-refractivity contribution in [2.75, 3.05) is 20.6 Å². The number of pyridine rings is 1. The zero-order chi connectivity index (χ0) is 33.0.